The topological polar surface area (TPSA) is 36.3 Å². The highest BCUT2D eigenvalue weighted by molar-refractivity contribution is 5.92. The lowest BCUT2D eigenvalue weighted by Gasteiger charge is -2.32. The van der Waals surface area contributed by atoms with Gasteiger partial charge in [0.05, 0.1) is 23.9 Å². The molecule has 0 spiro atoms. The minimum Gasteiger partial charge on any atom is -0.453 e. The minimum atomic E-state index is 0.473. The number of ether oxygens (including phenoxy) is 1. The Morgan fingerprint density at radius 1 is 0.864 bits per heavy atom. The number of nitriles is 1. The molecule has 4 rings (SSSR count). The molecule has 0 aliphatic carbocycles. The van der Waals surface area contributed by atoms with Gasteiger partial charge in [-0.2, -0.15) is 5.26 Å². The van der Waals surface area contributed by atoms with E-state index in [9.17, 15) is 0 Å². The lowest BCUT2D eigenvalue weighted by molar-refractivity contribution is 0.474. The van der Waals surface area contributed by atoms with Crippen LogP contribution in [0.2, 0.25) is 0 Å². The maximum Gasteiger partial charge on any atom is 0.151 e. The van der Waals surface area contributed by atoms with Crippen LogP contribution in [0.4, 0.5) is 11.4 Å². The van der Waals surface area contributed by atoms with Gasteiger partial charge in [0.2, 0.25) is 0 Å². The first-order valence-corrected chi connectivity index (χ1v) is 7.31. The van der Waals surface area contributed by atoms with Gasteiger partial charge in [0.25, 0.3) is 0 Å². The van der Waals surface area contributed by atoms with Crippen molar-refractivity contribution in [3.05, 3.63) is 60.7 Å². The number of para-hydroxylation sites is 2. The van der Waals surface area contributed by atoms with Crippen molar-refractivity contribution in [1.29, 1.82) is 5.26 Å². The van der Waals surface area contributed by atoms with Crippen LogP contribution in [0.25, 0.3) is 10.8 Å². The van der Waals surface area contributed by atoms with Crippen molar-refractivity contribution < 1.29 is 4.74 Å². The van der Waals surface area contributed by atoms with Crippen molar-refractivity contribution in [3.8, 4) is 17.6 Å². The summed E-state index contributed by atoms with van der Waals surface area (Å²) in [5.41, 5.74) is 2.04. The second-order valence-electron chi connectivity index (χ2n) is 5.30. The van der Waals surface area contributed by atoms with Crippen LogP contribution >= 0.6 is 0 Å². The molecule has 106 valence electrons. The average molecular weight is 286 g/mol. The molecule has 0 saturated carbocycles. The van der Waals surface area contributed by atoms with Crippen LogP contribution in [0.5, 0.6) is 11.5 Å². The highest BCUT2D eigenvalue weighted by Gasteiger charge is 2.24. The van der Waals surface area contributed by atoms with Gasteiger partial charge in [0.1, 0.15) is 0 Å². The quantitative estimate of drug-likeness (QED) is 0.665. The first-order valence-electron chi connectivity index (χ1n) is 7.31. The normalized spacial score (nSPS) is 12.2. The van der Waals surface area contributed by atoms with Crippen molar-refractivity contribution in [2.75, 3.05) is 11.4 Å². The van der Waals surface area contributed by atoms with Crippen molar-refractivity contribution in [2.45, 2.75) is 6.42 Å². The molecular weight excluding hydrogens is 272 g/mol. The largest absolute Gasteiger partial charge is 0.453 e. The third-order valence-electron chi connectivity index (χ3n) is 3.94. The predicted molar refractivity (Wildman–Crippen MR) is 87.7 cm³/mol. The van der Waals surface area contributed by atoms with E-state index in [0.717, 1.165) is 28.3 Å². The maximum absolute atomic E-state index is 8.96. The summed E-state index contributed by atoms with van der Waals surface area (Å²) < 4.78 is 6.07. The molecule has 0 fully saturated rings. The Kier molecular flexibility index (Phi) is 2.94. The number of nitrogens with zero attached hydrogens (tertiary/aromatic N) is 2. The summed E-state index contributed by atoms with van der Waals surface area (Å²) in [5, 5.41) is 11.3. The lowest BCUT2D eigenvalue weighted by atomic mass is 10.1. The first kappa shape index (κ1) is 12.7. The van der Waals surface area contributed by atoms with Gasteiger partial charge in [0, 0.05) is 6.54 Å². The van der Waals surface area contributed by atoms with Crippen LogP contribution < -0.4 is 9.64 Å². The van der Waals surface area contributed by atoms with Gasteiger partial charge in [-0.15, -0.1) is 0 Å². The number of fused-ring (bicyclic) bond motifs is 3. The summed E-state index contributed by atoms with van der Waals surface area (Å²) in [5.74, 6) is 1.68. The molecule has 22 heavy (non-hydrogen) atoms. The highest BCUT2D eigenvalue weighted by atomic mass is 16.5. The van der Waals surface area contributed by atoms with Gasteiger partial charge in [-0.05, 0) is 35.0 Å². The van der Waals surface area contributed by atoms with Crippen LogP contribution in [0.3, 0.4) is 0 Å². The second kappa shape index (κ2) is 5.09. The number of hydrogen-bond acceptors (Lipinski definition) is 3. The summed E-state index contributed by atoms with van der Waals surface area (Å²) in [7, 11) is 0. The Bertz CT molecular complexity index is 895. The molecule has 1 aliphatic heterocycles. The predicted octanol–water partition coefficient (Wildman–Crippen LogP) is 5.00. The fourth-order valence-electron chi connectivity index (χ4n) is 2.92. The van der Waals surface area contributed by atoms with Crippen molar-refractivity contribution in [2.24, 2.45) is 0 Å². The van der Waals surface area contributed by atoms with Gasteiger partial charge < -0.3 is 9.64 Å². The smallest absolute Gasteiger partial charge is 0.151 e. The summed E-state index contributed by atoms with van der Waals surface area (Å²) in [6.07, 6.45) is 0.473. The van der Waals surface area contributed by atoms with Crippen LogP contribution in [-0.2, 0) is 0 Å². The zero-order chi connectivity index (χ0) is 14.9. The maximum atomic E-state index is 8.96. The Balaban J connectivity index is 1.91. The molecule has 3 aromatic rings. The molecule has 0 aromatic heterocycles. The molecule has 0 bridgehead atoms. The van der Waals surface area contributed by atoms with E-state index >= 15 is 0 Å². The van der Waals surface area contributed by atoms with Crippen molar-refractivity contribution in [1.82, 2.24) is 0 Å². The van der Waals surface area contributed by atoms with E-state index in [4.69, 9.17) is 10.00 Å². The molecular formula is C19H14N2O. The van der Waals surface area contributed by atoms with Crippen LogP contribution in [0.15, 0.2) is 60.7 Å². The summed E-state index contributed by atoms with van der Waals surface area (Å²) in [6, 6.07) is 22.6. The molecule has 1 aliphatic rings. The summed E-state index contributed by atoms with van der Waals surface area (Å²) in [6.45, 7) is 0.655. The van der Waals surface area contributed by atoms with E-state index in [1.807, 2.05) is 36.4 Å². The lowest BCUT2D eigenvalue weighted by Crippen LogP contribution is -2.22. The van der Waals surface area contributed by atoms with E-state index in [1.54, 1.807) is 0 Å². The monoisotopic (exact) mass is 286 g/mol. The number of benzene rings is 3. The fraction of sp³-hybridized carbons (Fsp3) is 0.105. The molecule has 1 heterocycles. The Morgan fingerprint density at radius 3 is 2.41 bits per heavy atom. The third kappa shape index (κ3) is 1.97. The first-order chi connectivity index (χ1) is 10.9. The number of rotatable bonds is 2. The second-order valence-corrected chi connectivity index (χ2v) is 5.30. The minimum absolute atomic E-state index is 0.473. The van der Waals surface area contributed by atoms with E-state index in [1.165, 1.54) is 5.39 Å². The molecule has 0 N–H and O–H groups in total. The molecule has 3 aromatic carbocycles. The van der Waals surface area contributed by atoms with Crippen LogP contribution in [0.1, 0.15) is 6.42 Å². The zero-order valence-corrected chi connectivity index (χ0v) is 12.0. The molecule has 0 saturated heterocycles. The molecule has 0 radical (unpaired) electrons. The molecule has 3 heteroatoms. The summed E-state index contributed by atoms with van der Waals surface area (Å²) in [4.78, 5) is 2.17. The third-order valence-corrected chi connectivity index (χ3v) is 3.94. The van der Waals surface area contributed by atoms with E-state index < -0.39 is 0 Å². The van der Waals surface area contributed by atoms with Gasteiger partial charge >= 0.3 is 0 Å². The van der Waals surface area contributed by atoms with Gasteiger partial charge in [0.15, 0.2) is 11.5 Å². The van der Waals surface area contributed by atoms with Crippen LogP contribution in [0, 0.1) is 11.3 Å². The molecule has 0 atom stereocenters. The zero-order valence-electron chi connectivity index (χ0n) is 12.0. The van der Waals surface area contributed by atoms with Gasteiger partial charge in [-0.1, -0.05) is 36.4 Å². The number of anilines is 2. The van der Waals surface area contributed by atoms with E-state index in [0.29, 0.717) is 13.0 Å². The Labute approximate surface area is 129 Å². The number of hydrogen-bond donors (Lipinski definition) is 0. The highest BCUT2D eigenvalue weighted by Crippen LogP contribution is 2.47. The van der Waals surface area contributed by atoms with E-state index in [2.05, 4.69) is 35.2 Å². The molecule has 3 nitrogen and oxygen atoms in total. The Hall–Kier alpha value is -2.99. The molecule has 0 amide bonds. The molecule has 0 unspecified atom stereocenters. The SMILES string of the molecule is N#CCCN1c2ccccc2Oc2cc3ccccc3cc21. The van der Waals surface area contributed by atoms with Crippen LogP contribution in [-0.4, -0.2) is 6.54 Å². The van der Waals surface area contributed by atoms with E-state index in [-0.39, 0.29) is 0 Å². The van der Waals surface area contributed by atoms with Crippen molar-refractivity contribution >= 4 is 22.1 Å². The van der Waals surface area contributed by atoms with Crippen molar-refractivity contribution in [3.63, 3.8) is 0 Å². The average Bonchev–Trinajstić information content (AvgIpc) is 2.57. The summed E-state index contributed by atoms with van der Waals surface area (Å²) >= 11 is 0. The fourth-order valence-corrected chi connectivity index (χ4v) is 2.92. The standard InChI is InChI=1S/C19H14N2O/c20-10-5-11-21-16-8-3-4-9-18(16)22-19-13-15-7-2-1-6-14(15)12-17(19)21/h1-4,6-9,12-13H,5,11H2. The van der Waals surface area contributed by atoms with Gasteiger partial charge in [-0.25, -0.2) is 0 Å². The van der Waals surface area contributed by atoms with Gasteiger partial charge in [-0.3, -0.25) is 0 Å². The Morgan fingerprint density at radius 2 is 1.59 bits per heavy atom.